The number of benzene rings is 1. The van der Waals surface area contributed by atoms with Gasteiger partial charge in [0.05, 0.1) is 10.9 Å². The van der Waals surface area contributed by atoms with Crippen LogP contribution in [0.15, 0.2) is 24.3 Å². The maximum absolute atomic E-state index is 12.2. The van der Waals surface area contributed by atoms with Gasteiger partial charge in [-0.15, -0.1) is 0 Å². The maximum Gasteiger partial charge on any atom is 0.239 e. The number of phenolic OH excluding ortho intramolecular Hbond substituents is 1. The summed E-state index contributed by atoms with van der Waals surface area (Å²) in [6.45, 7) is 3.14. The second-order valence-corrected chi connectivity index (χ2v) is 6.43. The number of nitrogens with zero attached hydrogens (tertiary/aromatic N) is 1. The third-order valence-corrected chi connectivity index (χ3v) is 5.05. The van der Waals surface area contributed by atoms with E-state index in [9.17, 15) is 13.5 Å². The lowest BCUT2D eigenvalue weighted by atomic mass is 10.3. The minimum Gasteiger partial charge on any atom is -0.508 e. The lowest BCUT2D eigenvalue weighted by Gasteiger charge is -2.24. The standard InChI is InChI=1S/C11H16N2O3S/c1-9-8-12-5-6-13(17(9,15)16)10-3-2-4-11(14)7-10/h2-4,7,9,12,14H,5-6,8H2,1H3. The summed E-state index contributed by atoms with van der Waals surface area (Å²) in [6.07, 6.45) is 0. The summed E-state index contributed by atoms with van der Waals surface area (Å²) in [5.41, 5.74) is 0.514. The molecule has 94 valence electrons. The van der Waals surface area contributed by atoms with Crippen LogP contribution in [0.1, 0.15) is 6.92 Å². The average Bonchev–Trinajstić information content (AvgIpc) is 2.39. The Bertz CT molecular complexity index is 501. The van der Waals surface area contributed by atoms with Crippen molar-refractivity contribution in [3.8, 4) is 5.75 Å². The molecule has 2 rings (SSSR count). The van der Waals surface area contributed by atoms with Crippen LogP contribution in [-0.4, -0.2) is 38.4 Å². The highest BCUT2D eigenvalue weighted by Gasteiger charge is 2.31. The number of nitrogens with one attached hydrogen (secondary N) is 1. The van der Waals surface area contributed by atoms with Gasteiger partial charge in [-0.1, -0.05) is 6.07 Å². The molecule has 1 aromatic carbocycles. The zero-order valence-electron chi connectivity index (χ0n) is 9.63. The molecular formula is C11H16N2O3S. The number of hydrogen-bond donors (Lipinski definition) is 2. The molecule has 1 fully saturated rings. The second kappa shape index (κ2) is 4.54. The first kappa shape index (κ1) is 12.2. The van der Waals surface area contributed by atoms with Crippen LogP contribution in [0.3, 0.4) is 0 Å². The molecule has 1 aliphatic rings. The predicted molar refractivity (Wildman–Crippen MR) is 66.7 cm³/mol. The van der Waals surface area contributed by atoms with Crippen LogP contribution in [0.2, 0.25) is 0 Å². The molecule has 1 unspecified atom stereocenters. The Morgan fingerprint density at radius 1 is 1.47 bits per heavy atom. The van der Waals surface area contributed by atoms with E-state index in [1.807, 2.05) is 0 Å². The van der Waals surface area contributed by atoms with Gasteiger partial charge in [0.15, 0.2) is 0 Å². The molecule has 0 spiro atoms. The molecule has 0 saturated carbocycles. The molecule has 1 atom stereocenters. The van der Waals surface area contributed by atoms with E-state index in [2.05, 4.69) is 5.32 Å². The highest BCUT2D eigenvalue weighted by Crippen LogP contribution is 2.24. The summed E-state index contributed by atoms with van der Waals surface area (Å²) in [4.78, 5) is 0. The van der Waals surface area contributed by atoms with Crippen molar-refractivity contribution in [1.82, 2.24) is 5.32 Å². The number of hydrogen-bond acceptors (Lipinski definition) is 4. The molecule has 0 aliphatic carbocycles. The fourth-order valence-corrected chi connectivity index (χ4v) is 3.38. The molecule has 1 heterocycles. The summed E-state index contributed by atoms with van der Waals surface area (Å²) in [7, 11) is -3.35. The Hall–Kier alpha value is -1.27. The molecule has 5 nitrogen and oxygen atoms in total. The number of anilines is 1. The Labute approximate surface area is 101 Å². The summed E-state index contributed by atoms with van der Waals surface area (Å²) in [5.74, 6) is 0.0718. The molecule has 2 N–H and O–H groups in total. The normalized spacial score (nSPS) is 24.3. The third-order valence-electron chi connectivity index (χ3n) is 2.86. The third kappa shape index (κ3) is 2.37. The lowest BCUT2D eigenvalue weighted by molar-refractivity contribution is 0.475. The first-order chi connectivity index (χ1) is 8.01. The minimum atomic E-state index is -3.35. The van der Waals surface area contributed by atoms with Crippen LogP contribution < -0.4 is 9.62 Å². The van der Waals surface area contributed by atoms with Crippen molar-refractivity contribution >= 4 is 15.7 Å². The van der Waals surface area contributed by atoms with Crippen LogP contribution in [0.25, 0.3) is 0 Å². The van der Waals surface area contributed by atoms with Crippen molar-refractivity contribution in [2.24, 2.45) is 0 Å². The van der Waals surface area contributed by atoms with Crippen molar-refractivity contribution in [2.45, 2.75) is 12.2 Å². The smallest absolute Gasteiger partial charge is 0.239 e. The van der Waals surface area contributed by atoms with Gasteiger partial charge < -0.3 is 10.4 Å². The SMILES string of the molecule is CC1CNCCN(c2cccc(O)c2)S1(=O)=O. The highest BCUT2D eigenvalue weighted by atomic mass is 32.2. The number of rotatable bonds is 1. The Balaban J connectivity index is 2.42. The lowest BCUT2D eigenvalue weighted by Crippen LogP contribution is -2.37. The first-order valence-electron chi connectivity index (χ1n) is 5.53. The Morgan fingerprint density at radius 3 is 2.94 bits per heavy atom. The fraction of sp³-hybridized carbons (Fsp3) is 0.455. The van der Waals surface area contributed by atoms with Crippen LogP contribution >= 0.6 is 0 Å². The summed E-state index contributed by atoms with van der Waals surface area (Å²) >= 11 is 0. The topological polar surface area (TPSA) is 69.6 Å². The summed E-state index contributed by atoms with van der Waals surface area (Å²) in [6, 6.07) is 6.32. The quantitative estimate of drug-likeness (QED) is 0.768. The molecule has 1 saturated heterocycles. The fourth-order valence-electron chi connectivity index (χ4n) is 1.86. The van der Waals surface area contributed by atoms with E-state index in [4.69, 9.17) is 0 Å². The van der Waals surface area contributed by atoms with Crippen molar-refractivity contribution < 1.29 is 13.5 Å². The predicted octanol–water partition coefficient (Wildman–Crippen LogP) is 0.520. The monoisotopic (exact) mass is 256 g/mol. The number of aromatic hydroxyl groups is 1. The van der Waals surface area contributed by atoms with E-state index >= 15 is 0 Å². The molecule has 1 aliphatic heterocycles. The molecule has 0 bridgehead atoms. The largest absolute Gasteiger partial charge is 0.508 e. The Morgan fingerprint density at radius 2 is 2.24 bits per heavy atom. The second-order valence-electron chi connectivity index (χ2n) is 4.15. The molecule has 0 amide bonds. The van der Waals surface area contributed by atoms with Crippen molar-refractivity contribution in [1.29, 1.82) is 0 Å². The van der Waals surface area contributed by atoms with Crippen LogP contribution in [0.4, 0.5) is 5.69 Å². The molecular weight excluding hydrogens is 240 g/mol. The van der Waals surface area contributed by atoms with Gasteiger partial charge in [-0.25, -0.2) is 8.42 Å². The van der Waals surface area contributed by atoms with Crippen LogP contribution in [0, 0.1) is 0 Å². The van der Waals surface area contributed by atoms with E-state index < -0.39 is 15.3 Å². The summed E-state index contributed by atoms with van der Waals surface area (Å²) in [5, 5.41) is 12.0. The van der Waals surface area contributed by atoms with Gasteiger partial charge in [0, 0.05) is 25.7 Å². The van der Waals surface area contributed by atoms with Gasteiger partial charge in [-0.2, -0.15) is 0 Å². The van der Waals surface area contributed by atoms with E-state index in [-0.39, 0.29) is 5.75 Å². The molecule has 17 heavy (non-hydrogen) atoms. The van der Waals surface area contributed by atoms with Crippen molar-refractivity contribution in [3.63, 3.8) is 0 Å². The van der Waals surface area contributed by atoms with E-state index in [0.717, 1.165) is 0 Å². The number of sulfonamides is 1. The molecule has 1 aromatic rings. The zero-order valence-corrected chi connectivity index (χ0v) is 10.4. The van der Waals surface area contributed by atoms with Crippen molar-refractivity contribution in [3.05, 3.63) is 24.3 Å². The van der Waals surface area contributed by atoms with Gasteiger partial charge in [-0.05, 0) is 19.1 Å². The highest BCUT2D eigenvalue weighted by molar-refractivity contribution is 7.93. The zero-order chi connectivity index (χ0) is 12.5. The molecule has 6 heteroatoms. The van der Waals surface area contributed by atoms with Crippen LogP contribution in [-0.2, 0) is 10.0 Å². The molecule has 0 aromatic heterocycles. The van der Waals surface area contributed by atoms with Gasteiger partial charge >= 0.3 is 0 Å². The average molecular weight is 256 g/mol. The van der Waals surface area contributed by atoms with Gasteiger partial charge in [0.1, 0.15) is 5.75 Å². The van der Waals surface area contributed by atoms with Gasteiger partial charge in [0.2, 0.25) is 10.0 Å². The van der Waals surface area contributed by atoms with E-state index in [0.29, 0.717) is 25.3 Å². The summed E-state index contributed by atoms with van der Waals surface area (Å²) < 4.78 is 25.9. The van der Waals surface area contributed by atoms with E-state index in [1.165, 1.54) is 16.4 Å². The minimum absolute atomic E-state index is 0.0718. The van der Waals surface area contributed by atoms with Gasteiger partial charge in [0.25, 0.3) is 0 Å². The van der Waals surface area contributed by atoms with Crippen molar-refractivity contribution in [2.75, 3.05) is 23.9 Å². The molecule has 0 radical (unpaired) electrons. The van der Waals surface area contributed by atoms with E-state index in [1.54, 1.807) is 19.1 Å². The first-order valence-corrected chi connectivity index (χ1v) is 7.03. The Kier molecular flexibility index (Phi) is 3.26. The van der Waals surface area contributed by atoms with Gasteiger partial charge in [-0.3, -0.25) is 4.31 Å². The van der Waals surface area contributed by atoms with Crippen LogP contribution in [0.5, 0.6) is 5.75 Å². The number of phenols is 1. The maximum atomic E-state index is 12.2.